The van der Waals surface area contributed by atoms with E-state index < -0.39 is 10.0 Å². The van der Waals surface area contributed by atoms with Crippen molar-refractivity contribution in [1.29, 1.82) is 0 Å². The van der Waals surface area contributed by atoms with Crippen molar-refractivity contribution < 1.29 is 8.42 Å². The molecule has 3 aromatic heterocycles. The van der Waals surface area contributed by atoms with E-state index in [1.807, 2.05) is 26.1 Å². The first-order valence-electron chi connectivity index (χ1n) is 8.71. The maximum Gasteiger partial charge on any atom is 0.271 e. The highest BCUT2D eigenvalue weighted by Crippen LogP contribution is 2.25. The lowest BCUT2D eigenvalue weighted by Crippen LogP contribution is -2.11. The van der Waals surface area contributed by atoms with Gasteiger partial charge < -0.3 is 5.32 Å². The first-order chi connectivity index (χ1) is 13.9. The van der Waals surface area contributed by atoms with E-state index in [1.54, 1.807) is 53.3 Å². The van der Waals surface area contributed by atoms with Crippen LogP contribution < -0.4 is 10.0 Å². The molecule has 0 radical (unpaired) electrons. The summed E-state index contributed by atoms with van der Waals surface area (Å²) in [5.41, 5.74) is 1.25. The maximum atomic E-state index is 12.4. The molecule has 0 spiro atoms. The normalized spacial score (nSPS) is 11.4. The number of benzene rings is 1. The fourth-order valence-corrected chi connectivity index (χ4v) is 5.01. The molecule has 0 saturated carbocycles. The van der Waals surface area contributed by atoms with Crippen LogP contribution in [0.2, 0.25) is 0 Å². The smallest absolute Gasteiger partial charge is 0.271 e. The molecule has 8 nitrogen and oxygen atoms in total. The van der Waals surface area contributed by atoms with Crippen LogP contribution in [0.4, 0.5) is 17.2 Å². The van der Waals surface area contributed by atoms with Crippen molar-refractivity contribution in [2.75, 3.05) is 10.0 Å². The Labute approximate surface area is 172 Å². The zero-order chi connectivity index (χ0) is 20.4. The molecule has 4 aromatic rings. The van der Waals surface area contributed by atoms with Crippen molar-refractivity contribution in [3.05, 3.63) is 71.6 Å². The van der Waals surface area contributed by atoms with E-state index >= 15 is 0 Å². The molecule has 148 valence electrons. The Kier molecular flexibility index (Phi) is 5.03. The second-order valence-electron chi connectivity index (χ2n) is 6.28. The highest BCUT2D eigenvalue weighted by atomic mass is 32.2. The monoisotopic (exact) mass is 426 g/mol. The molecule has 0 aliphatic heterocycles. The summed E-state index contributed by atoms with van der Waals surface area (Å²) in [6.45, 7) is 3.68. The summed E-state index contributed by atoms with van der Waals surface area (Å²) in [5, 5.41) is 7.39. The van der Waals surface area contributed by atoms with Crippen LogP contribution in [-0.2, 0) is 10.0 Å². The van der Waals surface area contributed by atoms with Gasteiger partial charge in [-0.05, 0) is 56.3 Å². The van der Waals surface area contributed by atoms with Gasteiger partial charge in [0.2, 0.25) is 0 Å². The zero-order valence-corrected chi connectivity index (χ0v) is 17.3. The van der Waals surface area contributed by atoms with Crippen molar-refractivity contribution in [2.45, 2.75) is 18.1 Å². The van der Waals surface area contributed by atoms with Crippen LogP contribution >= 0.6 is 11.3 Å². The Morgan fingerprint density at radius 3 is 2.41 bits per heavy atom. The van der Waals surface area contributed by atoms with Gasteiger partial charge in [0.25, 0.3) is 10.0 Å². The number of anilines is 3. The summed E-state index contributed by atoms with van der Waals surface area (Å²) in [4.78, 5) is 9.71. The maximum absolute atomic E-state index is 12.4. The average molecular weight is 427 g/mol. The summed E-state index contributed by atoms with van der Waals surface area (Å²) in [5.74, 6) is 1.88. The SMILES string of the molecule is Cc1nc(Nc2ccc(NS(=O)(=O)c3ccc(C)s3)cc2)cc(-n2cccn2)n1. The van der Waals surface area contributed by atoms with Gasteiger partial charge in [-0.2, -0.15) is 5.10 Å². The van der Waals surface area contributed by atoms with Crippen LogP contribution in [0.3, 0.4) is 0 Å². The van der Waals surface area contributed by atoms with E-state index in [2.05, 4.69) is 25.1 Å². The van der Waals surface area contributed by atoms with Crippen LogP contribution in [-0.4, -0.2) is 28.2 Å². The van der Waals surface area contributed by atoms with Gasteiger partial charge in [0.15, 0.2) is 5.82 Å². The minimum absolute atomic E-state index is 0.291. The molecule has 0 amide bonds. The molecule has 0 atom stereocenters. The summed E-state index contributed by atoms with van der Waals surface area (Å²) in [7, 11) is -3.58. The van der Waals surface area contributed by atoms with E-state index in [1.165, 1.54) is 11.3 Å². The van der Waals surface area contributed by atoms with Gasteiger partial charge in [0, 0.05) is 34.7 Å². The van der Waals surface area contributed by atoms with Crippen molar-refractivity contribution in [2.24, 2.45) is 0 Å². The van der Waals surface area contributed by atoms with Crippen molar-refractivity contribution in [3.8, 4) is 5.82 Å². The Bertz CT molecular complexity index is 1230. The third kappa shape index (κ3) is 4.44. The van der Waals surface area contributed by atoms with Gasteiger partial charge in [-0.1, -0.05) is 0 Å². The lowest BCUT2D eigenvalue weighted by atomic mass is 10.3. The van der Waals surface area contributed by atoms with Crippen molar-refractivity contribution in [3.63, 3.8) is 0 Å². The van der Waals surface area contributed by atoms with Crippen molar-refractivity contribution >= 4 is 38.6 Å². The van der Waals surface area contributed by atoms with E-state index in [0.717, 1.165) is 10.6 Å². The number of aromatic nitrogens is 4. The third-order valence-corrected chi connectivity index (χ3v) is 6.83. The number of thiophene rings is 1. The molecule has 0 aliphatic carbocycles. The summed E-state index contributed by atoms with van der Waals surface area (Å²) >= 11 is 1.24. The summed E-state index contributed by atoms with van der Waals surface area (Å²) < 4.78 is 29.4. The standard InChI is InChI=1S/C19H18N6O2S2/c1-13-4-9-19(28-13)29(26,27)24-16-7-5-15(6-8-16)23-17-12-18(22-14(2)21-17)25-11-3-10-20-25/h3-12,24H,1-2H3,(H,21,22,23). The van der Waals surface area contributed by atoms with Gasteiger partial charge >= 0.3 is 0 Å². The fraction of sp³-hybridized carbons (Fsp3) is 0.105. The quantitative estimate of drug-likeness (QED) is 0.485. The molecule has 10 heteroatoms. The highest BCUT2D eigenvalue weighted by molar-refractivity contribution is 7.94. The zero-order valence-electron chi connectivity index (χ0n) is 15.7. The van der Waals surface area contributed by atoms with Gasteiger partial charge in [0.1, 0.15) is 15.9 Å². The Morgan fingerprint density at radius 1 is 1.00 bits per heavy atom. The number of nitrogens with one attached hydrogen (secondary N) is 2. The molecule has 3 heterocycles. The third-order valence-electron chi connectivity index (χ3n) is 3.95. The molecule has 0 unspecified atom stereocenters. The summed E-state index contributed by atoms with van der Waals surface area (Å²) in [6.07, 6.45) is 3.49. The predicted molar refractivity (Wildman–Crippen MR) is 113 cm³/mol. The molecule has 0 fully saturated rings. The van der Waals surface area contributed by atoms with Gasteiger partial charge in [-0.15, -0.1) is 11.3 Å². The molecular formula is C19H18N6O2S2. The number of rotatable bonds is 6. The first kappa shape index (κ1) is 19.1. The molecule has 2 N–H and O–H groups in total. The molecular weight excluding hydrogens is 408 g/mol. The largest absolute Gasteiger partial charge is 0.340 e. The van der Waals surface area contributed by atoms with E-state index in [0.29, 0.717) is 27.4 Å². The van der Waals surface area contributed by atoms with Crippen LogP contribution in [0.5, 0.6) is 0 Å². The summed E-state index contributed by atoms with van der Waals surface area (Å²) in [6, 6.07) is 14.0. The Balaban J connectivity index is 1.50. The average Bonchev–Trinajstić information content (AvgIpc) is 3.35. The lowest BCUT2D eigenvalue weighted by Gasteiger charge is -2.10. The second kappa shape index (κ2) is 7.64. The molecule has 0 aliphatic rings. The van der Waals surface area contributed by atoms with Crippen LogP contribution in [0.25, 0.3) is 5.82 Å². The number of nitrogens with zero attached hydrogens (tertiary/aromatic N) is 4. The van der Waals surface area contributed by atoms with Crippen LogP contribution in [0.1, 0.15) is 10.7 Å². The molecule has 4 rings (SSSR count). The Hall–Kier alpha value is -3.24. The molecule has 0 saturated heterocycles. The van der Waals surface area contributed by atoms with Crippen LogP contribution in [0, 0.1) is 13.8 Å². The minimum Gasteiger partial charge on any atom is -0.340 e. The number of aryl methyl sites for hydroxylation is 2. The number of sulfonamides is 1. The predicted octanol–water partition coefficient (Wildman–Crippen LogP) is 3.89. The topological polar surface area (TPSA) is 102 Å². The minimum atomic E-state index is -3.58. The van der Waals surface area contributed by atoms with Gasteiger partial charge in [-0.25, -0.2) is 23.1 Å². The van der Waals surface area contributed by atoms with E-state index in [9.17, 15) is 8.42 Å². The van der Waals surface area contributed by atoms with Gasteiger partial charge in [-0.3, -0.25) is 4.72 Å². The molecule has 1 aromatic carbocycles. The Morgan fingerprint density at radius 2 is 1.76 bits per heavy atom. The van der Waals surface area contributed by atoms with Crippen molar-refractivity contribution in [1.82, 2.24) is 19.7 Å². The van der Waals surface area contributed by atoms with E-state index in [-0.39, 0.29) is 0 Å². The van der Waals surface area contributed by atoms with E-state index in [4.69, 9.17) is 0 Å². The number of hydrogen-bond acceptors (Lipinski definition) is 7. The fourth-order valence-electron chi connectivity index (χ4n) is 2.67. The lowest BCUT2D eigenvalue weighted by molar-refractivity contribution is 0.603. The van der Waals surface area contributed by atoms with Gasteiger partial charge in [0.05, 0.1) is 0 Å². The first-order valence-corrected chi connectivity index (χ1v) is 11.0. The highest BCUT2D eigenvalue weighted by Gasteiger charge is 2.16. The van der Waals surface area contributed by atoms with Crippen LogP contribution in [0.15, 0.2) is 65.1 Å². The molecule has 0 bridgehead atoms. The number of hydrogen-bond donors (Lipinski definition) is 2. The second-order valence-corrected chi connectivity index (χ2v) is 9.48. The molecule has 29 heavy (non-hydrogen) atoms.